The zero-order valence-electron chi connectivity index (χ0n) is 13.9. The zero-order valence-corrected chi connectivity index (χ0v) is 14.7. The minimum Gasteiger partial charge on any atom is -0.369 e. The lowest BCUT2D eigenvalue weighted by Crippen LogP contribution is -2.48. The quantitative estimate of drug-likeness (QED) is 0.771. The molecule has 0 bridgehead atoms. The van der Waals surface area contributed by atoms with Gasteiger partial charge in [0.2, 0.25) is 0 Å². The summed E-state index contributed by atoms with van der Waals surface area (Å²) < 4.78 is 1.32. The van der Waals surface area contributed by atoms with E-state index in [1.54, 1.807) is 6.07 Å². The van der Waals surface area contributed by atoms with E-state index in [1.165, 1.54) is 21.6 Å². The smallest absolute Gasteiger partial charge is 0.329 e. The van der Waals surface area contributed by atoms with Crippen LogP contribution in [0, 0.1) is 0 Å². The van der Waals surface area contributed by atoms with Gasteiger partial charge >= 0.3 is 5.69 Å². The van der Waals surface area contributed by atoms with Crippen molar-refractivity contribution >= 4 is 27.2 Å². The summed E-state index contributed by atoms with van der Waals surface area (Å²) >= 11 is 1.38. The average molecular weight is 356 g/mol. The van der Waals surface area contributed by atoms with Crippen LogP contribution in [0.1, 0.15) is 0 Å². The lowest BCUT2D eigenvalue weighted by molar-refractivity contribution is 0.246. The molecule has 0 saturated carbocycles. The number of nitrogens with one attached hydrogen (secondary N) is 1. The summed E-state index contributed by atoms with van der Waals surface area (Å²) in [5.74, 6) is 0. The monoisotopic (exact) mass is 356 g/mol. The normalized spacial score (nSPS) is 15.8. The van der Waals surface area contributed by atoms with Gasteiger partial charge in [0.05, 0.1) is 5.39 Å². The van der Waals surface area contributed by atoms with Crippen LogP contribution in [0.25, 0.3) is 10.2 Å². The highest BCUT2D eigenvalue weighted by Crippen LogP contribution is 2.15. The van der Waals surface area contributed by atoms with E-state index in [2.05, 4.69) is 39.0 Å². The Labute approximate surface area is 148 Å². The number of hydrogen-bond acceptors (Lipinski definition) is 5. The second kappa shape index (κ2) is 6.85. The maximum absolute atomic E-state index is 12.4. The highest BCUT2D eigenvalue weighted by molar-refractivity contribution is 7.16. The number of H-pyrrole nitrogens is 1. The summed E-state index contributed by atoms with van der Waals surface area (Å²) in [5, 5.41) is 2.42. The molecule has 130 valence electrons. The maximum atomic E-state index is 12.4. The molecule has 3 aromatic rings. The van der Waals surface area contributed by atoms with Gasteiger partial charge in [-0.1, -0.05) is 18.2 Å². The van der Waals surface area contributed by atoms with Crippen molar-refractivity contribution in [2.75, 3.05) is 37.6 Å². The van der Waals surface area contributed by atoms with E-state index >= 15 is 0 Å². The van der Waals surface area contributed by atoms with Crippen LogP contribution in [0.2, 0.25) is 0 Å². The molecule has 6 nitrogen and oxygen atoms in total. The number of rotatable bonds is 4. The van der Waals surface area contributed by atoms with Crippen LogP contribution in [-0.2, 0) is 6.54 Å². The summed E-state index contributed by atoms with van der Waals surface area (Å²) in [7, 11) is 0. The fourth-order valence-electron chi connectivity index (χ4n) is 3.29. The first kappa shape index (κ1) is 16.1. The van der Waals surface area contributed by atoms with Crippen LogP contribution >= 0.6 is 11.3 Å². The Morgan fingerprint density at radius 2 is 1.72 bits per heavy atom. The van der Waals surface area contributed by atoms with Crippen LogP contribution in [-0.4, -0.2) is 47.2 Å². The molecule has 0 spiro atoms. The fourth-order valence-corrected chi connectivity index (χ4v) is 4.06. The molecule has 1 N–H and O–H groups in total. The molecule has 1 aliphatic heterocycles. The highest BCUT2D eigenvalue weighted by Gasteiger charge is 2.17. The predicted octanol–water partition coefficient (Wildman–Crippen LogP) is 1.57. The number of anilines is 1. The number of nitrogens with zero attached hydrogens (tertiary/aromatic N) is 3. The van der Waals surface area contributed by atoms with E-state index in [1.807, 2.05) is 11.4 Å². The topological polar surface area (TPSA) is 61.3 Å². The van der Waals surface area contributed by atoms with Crippen molar-refractivity contribution in [3.8, 4) is 0 Å². The predicted molar refractivity (Wildman–Crippen MR) is 102 cm³/mol. The molecule has 25 heavy (non-hydrogen) atoms. The Bertz CT molecular complexity index is 968. The molecule has 1 aliphatic rings. The third kappa shape index (κ3) is 3.25. The van der Waals surface area contributed by atoms with Gasteiger partial charge in [-0.2, -0.15) is 0 Å². The number of aromatic nitrogens is 2. The van der Waals surface area contributed by atoms with Crippen molar-refractivity contribution < 1.29 is 0 Å². The molecule has 0 atom stereocenters. The lowest BCUT2D eigenvalue weighted by atomic mass is 10.2. The zero-order chi connectivity index (χ0) is 17.2. The Morgan fingerprint density at radius 1 is 0.960 bits per heavy atom. The lowest BCUT2D eigenvalue weighted by Gasteiger charge is -2.36. The van der Waals surface area contributed by atoms with E-state index in [9.17, 15) is 9.59 Å². The Balaban J connectivity index is 1.40. The van der Waals surface area contributed by atoms with Crippen LogP contribution in [0.4, 0.5) is 5.69 Å². The van der Waals surface area contributed by atoms with Gasteiger partial charge in [-0.15, -0.1) is 11.3 Å². The molecule has 1 fully saturated rings. The Hall–Kier alpha value is -2.38. The van der Waals surface area contributed by atoms with Crippen molar-refractivity contribution in [1.82, 2.24) is 14.5 Å². The number of thiophene rings is 1. The third-order valence-corrected chi connectivity index (χ3v) is 5.57. The average Bonchev–Trinajstić information content (AvgIpc) is 3.11. The molecule has 1 aromatic carbocycles. The molecular weight excluding hydrogens is 336 g/mol. The first-order valence-corrected chi connectivity index (χ1v) is 9.33. The second-order valence-electron chi connectivity index (χ2n) is 6.21. The standard InChI is InChI=1S/C18H20N4O2S/c23-17-15-6-13-25-16(15)19-18(24)22(17)12-9-20-7-10-21(11-8-20)14-4-2-1-3-5-14/h1-6,13H,7-12H2,(H,19,24). The van der Waals surface area contributed by atoms with Crippen molar-refractivity contribution in [2.45, 2.75) is 6.54 Å². The van der Waals surface area contributed by atoms with Crippen molar-refractivity contribution in [1.29, 1.82) is 0 Å². The molecule has 3 heterocycles. The van der Waals surface area contributed by atoms with Gasteiger partial charge in [0.15, 0.2) is 0 Å². The molecule has 0 amide bonds. The van der Waals surface area contributed by atoms with Crippen LogP contribution in [0.3, 0.4) is 0 Å². The van der Waals surface area contributed by atoms with Gasteiger partial charge in [0.25, 0.3) is 5.56 Å². The first-order valence-electron chi connectivity index (χ1n) is 8.45. The van der Waals surface area contributed by atoms with Crippen molar-refractivity contribution in [3.05, 3.63) is 62.6 Å². The maximum Gasteiger partial charge on any atom is 0.329 e. The summed E-state index contributed by atoms with van der Waals surface area (Å²) in [6.07, 6.45) is 0. The van der Waals surface area contributed by atoms with Gasteiger partial charge in [-0.3, -0.25) is 19.2 Å². The van der Waals surface area contributed by atoms with E-state index < -0.39 is 0 Å². The SMILES string of the molecule is O=c1[nH]c2sccc2c(=O)n1CCN1CCN(c2ccccc2)CC1. The van der Waals surface area contributed by atoms with Gasteiger partial charge in [-0.25, -0.2) is 4.79 Å². The van der Waals surface area contributed by atoms with Gasteiger partial charge < -0.3 is 4.90 Å². The minimum absolute atomic E-state index is 0.192. The van der Waals surface area contributed by atoms with Gasteiger partial charge in [0.1, 0.15) is 4.83 Å². The molecule has 0 unspecified atom stereocenters. The Morgan fingerprint density at radius 3 is 2.48 bits per heavy atom. The molecule has 2 aromatic heterocycles. The van der Waals surface area contributed by atoms with Crippen molar-refractivity contribution in [3.63, 3.8) is 0 Å². The number of para-hydroxylation sites is 1. The number of aromatic amines is 1. The molecule has 0 radical (unpaired) electrons. The molecule has 1 saturated heterocycles. The second-order valence-corrected chi connectivity index (χ2v) is 7.13. The molecule has 0 aliphatic carbocycles. The van der Waals surface area contributed by atoms with Crippen molar-refractivity contribution in [2.24, 2.45) is 0 Å². The number of fused-ring (bicyclic) bond motifs is 1. The highest BCUT2D eigenvalue weighted by atomic mass is 32.1. The summed E-state index contributed by atoms with van der Waals surface area (Å²) in [6.45, 7) is 4.91. The van der Waals surface area contributed by atoms with Gasteiger partial charge in [0, 0.05) is 45.0 Å². The molecular formula is C18H20N4O2S. The number of benzene rings is 1. The van der Waals surface area contributed by atoms with E-state index in [4.69, 9.17) is 0 Å². The molecule has 7 heteroatoms. The van der Waals surface area contributed by atoms with Crippen LogP contribution < -0.4 is 16.1 Å². The van der Waals surface area contributed by atoms with Gasteiger partial charge in [-0.05, 0) is 23.6 Å². The minimum atomic E-state index is -0.317. The Kier molecular flexibility index (Phi) is 4.42. The number of hydrogen-bond donors (Lipinski definition) is 1. The summed E-state index contributed by atoms with van der Waals surface area (Å²) in [4.78, 5) is 32.7. The largest absolute Gasteiger partial charge is 0.369 e. The third-order valence-electron chi connectivity index (χ3n) is 4.74. The van der Waals surface area contributed by atoms with Crippen LogP contribution in [0.15, 0.2) is 51.4 Å². The van der Waals surface area contributed by atoms with E-state index in [-0.39, 0.29) is 11.2 Å². The molecule has 4 rings (SSSR count). The van der Waals surface area contributed by atoms with E-state index in [0.29, 0.717) is 23.3 Å². The fraction of sp³-hybridized carbons (Fsp3) is 0.333. The van der Waals surface area contributed by atoms with Crippen LogP contribution in [0.5, 0.6) is 0 Å². The number of piperazine rings is 1. The summed E-state index contributed by atoms with van der Waals surface area (Å²) in [5.41, 5.74) is 0.739. The first-order chi connectivity index (χ1) is 12.2. The van der Waals surface area contributed by atoms with E-state index in [0.717, 1.165) is 26.2 Å². The summed E-state index contributed by atoms with van der Waals surface area (Å²) in [6, 6.07) is 12.2.